The van der Waals surface area contributed by atoms with Crippen LogP contribution in [0.2, 0.25) is 0 Å². The maximum absolute atomic E-state index is 12.7. The molecule has 0 aliphatic carbocycles. The van der Waals surface area contributed by atoms with Gasteiger partial charge >= 0.3 is 6.18 Å². The Morgan fingerprint density at radius 2 is 1.90 bits per heavy atom. The summed E-state index contributed by atoms with van der Waals surface area (Å²) in [6.45, 7) is 2.23. The smallest absolute Gasteiger partial charge is 0.416 e. The minimum atomic E-state index is -4.39. The molecule has 2 heterocycles. The number of furan rings is 1. The number of fused-ring (bicyclic) bond motifs is 1. The average Bonchev–Trinajstić information content (AvgIpc) is 3.28. The molecule has 5 nitrogen and oxygen atoms in total. The summed E-state index contributed by atoms with van der Waals surface area (Å²) >= 11 is 0. The van der Waals surface area contributed by atoms with Crippen LogP contribution in [0.4, 0.5) is 13.2 Å². The second-order valence-electron chi connectivity index (χ2n) is 7.34. The molecule has 1 aliphatic heterocycles. The number of carbonyl (C=O) groups excluding carboxylic acids is 1. The van der Waals surface area contributed by atoms with Gasteiger partial charge in [-0.1, -0.05) is 18.2 Å². The number of aliphatic carboxylic acids is 1. The van der Waals surface area contributed by atoms with Crippen molar-refractivity contribution in [2.75, 3.05) is 6.61 Å². The van der Waals surface area contributed by atoms with Crippen molar-refractivity contribution in [1.82, 2.24) is 0 Å². The number of hydrogen-bond donors (Lipinski definition) is 0. The van der Waals surface area contributed by atoms with Crippen molar-refractivity contribution in [2.45, 2.75) is 32.0 Å². The summed E-state index contributed by atoms with van der Waals surface area (Å²) in [4.78, 5) is 10.8. The van der Waals surface area contributed by atoms with Crippen molar-refractivity contribution in [3.05, 3.63) is 71.0 Å². The minimum absolute atomic E-state index is 0.103. The zero-order valence-corrected chi connectivity index (χ0v) is 16.5. The summed E-state index contributed by atoms with van der Waals surface area (Å²) in [5.41, 5.74) is 1.38. The van der Waals surface area contributed by atoms with Gasteiger partial charge in [0.05, 0.1) is 12.2 Å². The van der Waals surface area contributed by atoms with Gasteiger partial charge < -0.3 is 23.8 Å². The summed E-state index contributed by atoms with van der Waals surface area (Å²) in [5, 5.41) is 10.8. The Morgan fingerprint density at radius 3 is 2.58 bits per heavy atom. The Morgan fingerprint density at radius 1 is 1.16 bits per heavy atom. The molecule has 0 spiro atoms. The van der Waals surface area contributed by atoms with Gasteiger partial charge in [-0.2, -0.15) is 13.2 Å². The van der Waals surface area contributed by atoms with Crippen molar-refractivity contribution >= 4 is 5.97 Å². The van der Waals surface area contributed by atoms with Gasteiger partial charge in [0.15, 0.2) is 0 Å². The van der Waals surface area contributed by atoms with E-state index in [0.29, 0.717) is 28.6 Å². The van der Waals surface area contributed by atoms with Gasteiger partial charge in [0, 0.05) is 34.6 Å². The first-order valence-corrected chi connectivity index (χ1v) is 9.57. The normalized spacial score (nSPS) is 15.4. The fourth-order valence-corrected chi connectivity index (χ4v) is 3.51. The zero-order valence-electron chi connectivity index (χ0n) is 16.5. The van der Waals surface area contributed by atoms with E-state index in [1.807, 2.05) is 0 Å². The molecule has 0 saturated carbocycles. The molecule has 0 radical (unpaired) electrons. The number of aryl methyl sites for hydroxylation is 1. The molecule has 0 bridgehead atoms. The summed E-state index contributed by atoms with van der Waals surface area (Å²) < 4.78 is 55.3. The average molecular weight is 431 g/mol. The molecule has 1 aliphatic rings. The predicted octanol–water partition coefficient (Wildman–Crippen LogP) is 4.47. The molecular formula is C23H18F3O5-. The second-order valence-corrected chi connectivity index (χ2v) is 7.34. The number of ether oxygens (including phenoxy) is 2. The second kappa shape index (κ2) is 8.02. The molecule has 0 saturated heterocycles. The Bertz CT molecular complexity index is 1100. The van der Waals surface area contributed by atoms with E-state index >= 15 is 0 Å². The molecular weight excluding hydrogens is 413 g/mol. The molecule has 31 heavy (non-hydrogen) atoms. The third-order valence-corrected chi connectivity index (χ3v) is 5.19. The first kappa shape index (κ1) is 20.8. The Hall–Kier alpha value is -3.42. The van der Waals surface area contributed by atoms with Crippen LogP contribution in [0.25, 0.3) is 11.3 Å². The molecule has 162 valence electrons. The van der Waals surface area contributed by atoms with Gasteiger partial charge in [0.1, 0.15) is 29.6 Å². The van der Waals surface area contributed by atoms with Crippen molar-refractivity contribution in [3.63, 3.8) is 0 Å². The summed E-state index contributed by atoms with van der Waals surface area (Å²) in [6.07, 6.45) is -4.49. The van der Waals surface area contributed by atoms with Crippen LogP contribution in [0, 0.1) is 6.92 Å². The fourth-order valence-electron chi connectivity index (χ4n) is 3.51. The number of carboxylic acids is 1. The SMILES string of the molecule is Cc1oc(-c2ccc(C(F)(F)F)cc2)cc1COc1ccc2c(c1)OCC2CC(=O)[O-]. The summed E-state index contributed by atoms with van der Waals surface area (Å²) in [7, 11) is 0. The standard InChI is InChI=1S/C23H19F3O5/c1-13-15(8-20(31-13)14-2-4-17(5-3-14)23(24,25)26)11-29-18-6-7-19-16(9-22(27)28)12-30-21(19)10-18/h2-8,10,16H,9,11-12H2,1H3,(H,27,28)/p-1. The predicted molar refractivity (Wildman–Crippen MR) is 103 cm³/mol. The summed E-state index contributed by atoms with van der Waals surface area (Å²) in [5.74, 6) is 0.814. The maximum Gasteiger partial charge on any atom is 0.416 e. The van der Waals surface area contributed by atoms with Gasteiger partial charge in [0.2, 0.25) is 0 Å². The monoisotopic (exact) mass is 431 g/mol. The number of hydrogen-bond acceptors (Lipinski definition) is 5. The Kier molecular flexibility index (Phi) is 5.39. The first-order valence-electron chi connectivity index (χ1n) is 9.57. The maximum atomic E-state index is 12.7. The largest absolute Gasteiger partial charge is 0.550 e. The van der Waals surface area contributed by atoms with Crippen LogP contribution in [0.1, 0.15) is 34.8 Å². The molecule has 8 heteroatoms. The van der Waals surface area contributed by atoms with E-state index in [0.717, 1.165) is 23.3 Å². The molecule has 3 aromatic rings. The quantitative estimate of drug-likeness (QED) is 0.576. The molecule has 1 unspecified atom stereocenters. The molecule has 2 aromatic carbocycles. The molecule has 0 fully saturated rings. The highest BCUT2D eigenvalue weighted by atomic mass is 19.4. The Labute approximate surface area is 176 Å². The van der Waals surface area contributed by atoms with Crippen LogP contribution in [0.15, 0.2) is 52.9 Å². The lowest BCUT2D eigenvalue weighted by Crippen LogP contribution is -2.24. The summed E-state index contributed by atoms with van der Waals surface area (Å²) in [6, 6.07) is 11.7. The molecule has 4 rings (SSSR count). The first-order chi connectivity index (χ1) is 14.7. The van der Waals surface area contributed by atoms with E-state index in [1.54, 1.807) is 31.2 Å². The van der Waals surface area contributed by atoms with Crippen molar-refractivity contribution in [1.29, 1.82) is 0 Å². The van der Waals surface area contributed by atoms with Gasteiger partial charge in [0.25, 0.3) is 0 Å². The highest BCUT2D eigenvalue weighted by Gasteiger charge is 2.30. The van der Waals surface area contributed by atoms with Gasteiger partial charge in [-0.25, -0.2) is 0 Å². The van der Waals surface area contributed by atoms with E-state index in [1.165, 1.54) is 12.1 Å². The van der Waals surface area contributed by atoms with E-state index in [9.17, 15) is 23.1 Å². The zero-order chi connectivity index (χ0) is 22.2. The van der Waals surface area contributed by atoms with Crippen molar-refractivity contribution in [2.24, 2.45) is 0 Å². The lowest BCUT2D eigenvalue weighted by Gasteiger charge is -2.10. The molecule has 1 atom stereocenters. The van der Waals surface area contributed by atoms with Crippen LogP contribution in [-0.4, -0.2) is 12.6 Å². The number of carboxylic acid groups (broad SMARTS) is 1. The van der Waals surface area contributed by atoms with E-state index in [2.05, 4.69) is 0 Å². The van der Waals surface area contributed by atoms with E-state index in [-0.39, 0.29) is 25.6 Å². The topological polar surface area (TPSA) is 71.7 Å². The fraction of sp³-hybridized carbons (Fsp3) is 0.261. The van der Waals surface area contributed by atoms with Gasteiger partial charge in [-0.05, 0) is 37.6 Å². The highest BCUT2D eigenvalue weighted by Crippen LogP contribution is 2.38. The molecule has 0 amide bonds. The van der Waals surface area contributed by atoms with Crippen LogP contribution < -0.4 is 14.6 Å². The highest BCUT2D eigenvalue weighted by molar-refractivity contribution is 5.66. The lowest BCUT2D eigenvalue weighted by molar-refractivity contribution is -0.306. The number of halogens is 3. The van der Waals surface area contributed by atoms with Crippen LogP contribution in [0.3, 0.4) is 0 Å². The number of benzene rings is 2. The van der Waals surface area contributed by atoms with E-state index in [4.69, 9.17) is 13.9 Å². The molecule has 1 aromatic heterocycles. The number of carbonyl (C=O) groups is 1. The van der Waals surface area contributed by atoms with Crippen molar-refractivity contribution in [3.8, 4) is 22.8 Å². The van der Waals surface area contributed by atoms with Gasteiger partial charge in [-0.15, -0.1) is 0 Å². The van der Waals surface area contributed by atoms with Crippen LogP contribution >= 0.6 is 0 Å². The van der Waals surface area contributed by atoms with Crippen LogP contribution in [-0.2, 0) is 17.6 Å². The molecule has 0 N–H and O–H groups in total. The van der Waals surface area contributed by atoms with Gasteiger partial charge in [-0.3, -0.25) is 0 Å². The third-order valence-electron chi connectivity index (χ3n) is 5.19. The minimum Gasteiger partial charge on any atom is -0.550 e. The van der Waals surface area contributed by atoms with Crippen molar-refractivity contribution < 1.29 is 37.0 Å². The van der Waals surface area contributed by atoms with Crippen LogP contribution in [0.5, 0.6) is 11.5 Å². The third kappa shape index (κ3) is 4.52. The van der Waals surface area contributed by atoms with E-state index < -0.39 is 17.7 Å². The Balaban J connectivity index is 1.44. The number of rotatable bonds is 6. The lowest BCUT2D eigenvalue weighted by atomic mass is 9.98. The number of alkyl halides is 3.